The Hall–Kier alpha value is -1.49. The molecule has 0 radical (unpaired) electrons. The monoisotopic (exact) mass is 176 g/mol. The molecule has 1 rings (SSSR count). The highest BCUT2D eigenvalue weighted by atomic mass is 14.8. The zero-order valence-corrected chi connectivity index (χ0v) is 8.46. The van der Waals surface area contributed by atoms with Crippen LogP contribution >= 0.6 is 0 Å². The minimum atomic E-state index is 0.701. The Morgan fingerprint density at radius 3 is 2.15 bits per heavy atom. The Balaban J connectivity index is 0.000000671. The molecule has 0 aliphatic carbocycles. The van der Waals surface area contributed by atoms with E-state index in [2.05, 4.69) is 11.4 Å². The molecule has 0 bridgehead atoms. The van der Waals surface area contributed by atoms with Gasteiger partial charge in [-0.15, -0.1) is 0 Å². The molecule has 0 saturated heterocycles. The van der Waals surface area contributed by atoms with E-state index in [1.807, 2.05) is 32.9 Å². The van der Waals surface area contributed by atoms with Crippen molar-refractivity contribution in [2.45, 2.75) is 20.8 Å². The number of nitrogens with one attached hydrogen (secondary N) is 1. The molecule has 0 aromatic heterocycles. The minimum Gasteiger partial charge on any atom is -0.385 e. The number of hydrogen-bond acceptors (Lipinski definition) is 2. The zero-order valence-electron chi connectivity index (χ0n) is 8.46. The highest BCUT2D eigenvalue weighted by Gasteiger charge is 1.89. The number of anilines is 1. The van der Waals surface area contributed by atoms with Crippen LogP contribution in [0.25, 0.3) is 0 Å². The summed E-state index contributed by atoms with van der Waals surface area (Å²) < 4.78 is 0. The van der Waals surface area contributed by atoms with Crippen LogP contribution < -0.4 is 5.32 Å². The first kappa shape index (κ1) is 11.5. The van der Waals surface area contributed by atoms with E-state index in [0.717, 1.165) is 12.2 Å². The predicted octanol–water partition coefficient (Wildman–Crippen LogP) is 3.02. The van der Waals surface area contributed by atoms with Crippen molar-refractivity contribution in [2.75, 3.05) is 11.9 Å². The third kappa shape index (κ3) is 4.17. The van der Waals surface area contributed by atoms with Crippen molar-refractivity contribution >= 4 is 5.69 Å². The number of rotatable bonds is 2. The lowest BCUT2D eigenvalue weighted by Gasteiger charge is -2.00. The van der Waals surface area contributed by atoms with Crippen LogP contribution in [0, 0.1) is 11.3 Å². The van der Waals surface area contributed by atoms with E-state index in [-0.39, 0.29) is 0 Å². The lowest BCUT2D eigenvalue weighted by Crippen LogP contribution is -1.95. The Labute approximate surface area is 80.2 Å². The van der Waals surface area contributed by atoms with Gasteiger partial charge in [0.05, 0.1) is 11.6 Å². The van der Waals surface area contributed by atoms with Crippen LogP contribution in [0.15, 0.2) is 24.3 Å². The van der Waals surface area contributed by atoms with Gasteiger partial charge in [0.15, 0.2) is 0 Å². The average molecular weight is 176 g/mol. The Bertz CT molecular complexity index is 256. The lowest BCUT2D eigenvalue weighted by molar-refractivity contribution is 1.21. The summed E-state index contributed by atoms with van der Waals surface area (Å²) in [5.74, 6) is 0. The van der Waals surface area contributed by atoms with Crippen LogP contribution in [-0.4, -0.2) is 6.54 Å². The van der Waals surface area contributed by atoms with Gasteiger partial charge in [0.1, 0.15) is 0 Å². The first-order chi connectivity index (χ1) is 6.36. The van der Waals surface area contributed by atoms with Gasteiger partial charge in [0.2, 0.25) is 0 Å². The van der Waals surface area contributed by atoms with E-state index in [1.54, 1.807) is 12.1 Å². The number of benzene rings is 1. The molecule has 0 fully saturated rings. The fourth-order valence-electron chi connectivity index (χ4n) is 0.867. The van der Waals surface area contributed by atoms with Crippen molar-refractivity contribution in [1.29, 1.82) is 5.26 Å². The molecule has 0 aliphatic heterocycles. The molecule has 0 heterocycles. The average Bonchev–Trinajstić information content (AvgIpc) is 2.23. The van der Waals surface area contributed by atoms with Crippen LogP contribution in [0.3, 0.4) is 0 Å². The van der Waals surface area contributed by atoms with Crippen molar-refractivity contribution < 1.29 is 0 Å². The molecule has 0 spiro atoms. The van der Waals surface area contributed by atoms with Crippen molar-refractivity contribution in [3.63, 3.8) is 0 Å². The summed E-state index contributed by atoms with van der Waals surface area (Å²) in [6.07, 6.45) is 0. The van der Waals surface area contributed by atoms with Crippen molar-refractivity contribution in [1.82, 2.24) is 0 Å². The van der Waals surface area contributed by atoms with Crippen LogP contribution in [-0.2, 0) is 0 Å². The molecular formula is C11H16N2. The van der Waals surface area contributed by atoms with Gasteiger partial charge in [0.25, 0.3) is 0 Å². The molecule has 13 heavy (non-hydrogen) atoms. The topological polar surface area (TPSA) is 35.8 Å². The summed E-state index contributed by atoms with van der Waals surface area (Å²) in [6, 6.07) is 9.49. The molecule has 0 aliphatic rings. The molecule has 0 unspecified atom stereocenters. The van der Waals surface area contributed by atoms with Crippen LogP contribution in [0.2, 0.25) is 0 Å². The maximum atomic E-state index is 8.49. The van der Waals surface area contributed by atoms with Crippen molar-refractivity contribution in [3.8, 4) is 6.07 Å². The second-order valence-electron chi connectivity index (χ2n) is 2.22. The van der Waals surface area contributed by atoms with E-state index in [9.17, 15) is 0 Å². The van der Waals surface area contributed by atoms with Gasteiger partial charge in [-0.2, -0.15) is 5.26 Å². The highest BCUT2D eigenvalue weighted by molar-refractivity contribution is 5.46. The molecule has 1 aromatic rings. The molecule has 1 N–H and O–H groups in total. The maximum absolute atomic E-state index is 8.49. The summed E-state index contributed by atoms with van der Waals surface area (Å²) in [5.41, 5.74) is 1.76. The fraction of sp³-hybridized carbons (Fsp3) is 0.364. The van der Waals surface area contributed by atoms with Gasteiger partial charge in [-0.1, -0.05) is 13.8 Å². The van der Waals surface area contributed by atoms with E-state index in [0.29, 0.717) is 5.56 Å². The summed E-state index contributed by atoms with van der Waals surface area (Å²) in [7, 11) is 0. The molecule has 2 heteroatoms. The van der Waals surface area contributed by atoms with Gasteiger partial charge in [-0.3, -0.25) is 0 Å². The molecule has 0 atom stereocenters. The van der Waals surface area contributed by atoms with E-state index in [4.69, 9.17) is 5.26 Å². The molecule has 1 aromatic carbocycles. The Morgan fingerprint density at radius 1 is 1.23 bits per heavy atom. The Kier molecular flexibility index (Phi) is 6.35. The Morgan fingerprint density at radius 2 is 1.77 bits per heavy atom. The van der Waals surface area contributed by atoms with E-state index < -0.39 is 0 Å². The summed E-state index contributed by atoms with van der Waals surface area (Å²) in [5, 5.41) is 11.6. The van der Waals surface area contributed by atoms with Crippen molar-refractivity contribution in [3.05, 3.63) is 29.8 Å². The number of nitriles is 1. The first-order valence-corrected chi connectivity index (χ1v) is 4.61. The SMILES string of the molecule is CC.CCNc1ccc(C#N)cc1. The van der Waals surface area contributed by atoms with Gasteiger partial charge in [0, 0.05) is 12.2 Å². The van der Waals surface area contributed by atoms with Gasteiger partial charge in [-0.25, -0.2) is 0 Å². The molecule has 70 valence electrons. The quantitative estimate of drug-likeness (QED) is 0.751. The highest BCUT2D eigenvalue weighted by Crippen LogP contribution is 2.07. The first-order valence-electron chi connectivity index (χ1n) is 4.61. The van der Waals surface area contributed by atoms with Crippen LogP contribution in [0.1, 0.15) is 26.3 Å². The normalized spacial score (nSPS) is 7.85. The third-order valence-corrected chi connectivity index (χ3v) is 1.39. The second-order valence-corrected chi connectivity index (χ2v) is 2.22. The van der Waals surface area contributed by atoms with Crippen LogP contribution in [0.4, 0.5) is 5.69 Å². The van der Waals surface area contributed by atoms with Crippen LogP contribution in [0.5, 0.6) is 0 Å². The van der Waals surface area contributed by atoms with Gasteiger partial charge < -0.3 is 5.32 Å². The van der Waals surface area contributed by atoms with Crippen molar-refractivity contribution in [2.24, 2.45) is 0 Å². The second kappa shape index (κ2) is 7.17. The van der Waals surface area contributed by atoms with Gasteiger partial charge >= 0.3 is 0 Å². The minimum absolute atomic E-state index is 0.701. The molecule has 2 nitrogen and oxygen atoms in total. The molecule has 0 amide bonds. The van der Waals surface area contributed by atoms with E-state index in [1.165, 1.54) is 0 Å². The summed E-state index contributed by atoms with van der Waals surface area (Å²) in [6.45, 7) is 6.95. The standard InChI is InChI=1S/C9H10N2.C2H6/c1-2-11-9-5-3-8(7-10)4-6-9;1-2/h3-6,11H,2H2,1H3;1-2H3. The summed E-state index contributed by atoms with van der Waals surface area (Å²) in [4.78, 5) is 0. The summed E-state index contributed by atoms with van der Waals surface area (Å²) >= 11 is 0. The molecular weight excluding hydrogens is 160 g/mol. The molecule has 0 saturated carbocycles. The fourth-order valence-corrected chi connectivity index (χ4v) is 0.867. The number of nitrogens with zero attached hydrogens (tertiary/aromatic N) is 1. The smallest absolute Gasteiger partial charge is 0.0991 e. The maximum Gasteiger partial charge on any atom is 0.0991 e. The third-order valence-electron chi connectivity index (χ3n) is 1.39. The van der Waals surface area contributed by atoms with E-state index >= 15 is 0 Å². The lowest BCUT2D eigenvalue weighted by atomic mass is 10.2. The van der Waals surface area contributed by atoms with Gasteiger partial charge in [-0.05, 0) is 31.2 Å². The zero-order chi connectivity index (χ0) is 10.1. The predicted molar refractivity (Wildman–Crippen MR) is 56.7 cm³/mol. The number of hydrogen-bond donors (Lipinski definition) is 1. The largest absolute Gasteiger partial charge is 0.385 e.